The number of rotatable bonds is 5. The Morgan fingerprint density at radius 3 is 2.94 bits per heavy atom. The van der Waals surface area contributed by atoms with Crippen molar-refractivity contribution in [3.63, 3.8) is 0 Å². The second kappa shape index (κ2) is 5.32. The summed E-state index contributed by atoms with van der Waals surface area (Å²) in [6, 6.07) is 15.5. The standard InChI is InChI=1S/C16H17N2/c1-2-6-15(16-7-3-4-10-18-16)14(5-1)12-17-11-13-8-9-13/h1-4,6-7,10,13,17H,8-9,11-12H2. The van der Waals surface area contributed by atoms with E-state index in [1.54, 1.807) is 0 Å². The number of nitrogens with one attached hydrogen (secondary N) is 1. The Bertz CT molecular complexity index is 504. The molecule has 0 atom stereocenters. The Balaban J connectivity index is 1.76. The fourth-order valence-corrected chi connectivity index (χ4v) is 2.10. The van der Waals surface area contributed by atoms with E-state index in [2.05, 4.69) is 22.4 Å². The Morgan fingerprint density at radius 2 is 2.17 bits per heavy atom. The minimum absolute atomic E-state index is 0.878. The van der Waals surface area contributed by atoms with E-state index < -0.39 is 0 Å². The SMILES string of the molecule is [c]1cccc(-c2ccccn2)c1CNCC1CC1. The van der Waals surface area contributed by atoms with E-state index in [1.807, 2.05) is 36.5 Å². The summed E-state index contributed by atoms with van der Waals surface area (Å²) >= 11 is 0. The number of benzene rings is 1. The minimum Gasteiger partial charge on any atom is -0.312 e. The molecule has 91 valence electrons. The molecular formula is C16H17N2. The molecule has 2 heteroatoms. The largest absolute Gasteiger partial charge is 0.312 e. The summed E-state index contributed by atoms with van der Waals surface area (Å²) in [5, 5.41) is 3.51. The highest BCUT2D eigenvalue weighted by atomic mass is 14.9. The maximum absolute atomic E-state index is 4.42. The van der Waals surface area contributed by atoms with Gasteiger partial charge >= 0.3 is 0 Å². The first kappa shape index (κ1) is 11.4. The van der Waals surface area contributed by atoms with Gasteiger partial charge in [-0.05, 0) is 49.1 Å². The molecule has 18 heavy (non-hydrogen) atoms. The lowest BCUT2D eigenvalue weighted by atomic mass is 10.0. The monoisotopic (exact) mass is 237 g/mol. The predicted octanol–water partition coefficient (Wildman–Crippen LogP) is 3.05. The molecule has 1 aliphatic rings. The number of aromatic nitrogens is 1. The third kappa shape index (κ3) is 2.77. The van der Waals surface area contributed by atoms with Gasteiger partial charge in [-0.1, -0.05) is 24.3 Å². The van der Waals surface area contributed by atoms with Gasteiger partial charge in [-0.25, -0.2) is 0 Å². The lowest BCUT2D eigenvalue weighted by Gasteiger charge is -2.09. The Labute approximate surface area is 108 Å². The summed E-state index contributed by atoms with van der Waals surface area (Å²) < 4.78 is 0. The highest BCUT2D eigenvalue weighted by Crippen LogP contribution is 2.28. The Morgan fingerprint density at radius 1 is 1.22 bits per heavy atom. The van der Waals surface area contributed by atoms with Crippen LogP contribution in [0.1, 0.15) is 18.4 Å². The number of hydrogen-bond donors (Lipinski definition) is 1. The van der Waals surface area contributed by atoms with Gasteiger partial charge in [-0.3, -0.25) is 4.98 Å². The third-order valence-corrected chi connectivity index (χ3v) is 3.31. The molecule has 1 heterocycles. The summed E-state index contributed by atoms with van der Waals surface area (Å²) in [7, 11) is 0. The summed E-state index contributed by atoms with van der Waals surface area (Å²) in [6.45, 7) is 2.01. The second-order valence-electron chi connectivity index (χ2n) is 4.85. The molecule has 0 unspecified atom stereocenters. The Hall–Kier alpha value is -1.67. The molecule has 0 aliphatic heterocycles. The zero-order valence-electron chi connectivity index (χ0n) is 10.4. The van der Waals surface area contributed by atoms with Gasteiger partial charge < -0.3 is 5.32 Å². The molecule has 0 bridgehead atoms. The number of nitrogens with zero attached hydrogens (tertiary/aromatic N) is 1. The van der Waals surface area contributed by atoms with E-state index >= 15 is 0 Å². The van der Waals surface area contributed by atoms with Crippen molar-refractivity contribution in [1.82, 2.24) is 10.3 Å². The highest BCUT2D eigenvalue weighted by Gasteiger charge is 2.20. The van der Waals surface area contributed by atoms with Crippen LogP contribution in [0.4, 0.5) is 0 Å². The van der Waals surface area contributed by atoms with Crippen molar-refractivity contribution in [3.05, 3.63) is 54.2 Å². The molecule has 1 aromatic heterocycles. The van der Waals surface area contributed by atoms with Crippen LogP contribution in [0.2, 0.25) is 0 Å². The van der Waals surface area contributed by atoms with Crippen LogP contribution in [0.15, 0.2) is 42.6 Å². The van der Waals surface area contributed by atoms with Crippen molar-refractivity contribution in [2.75, 3.05) is 6.54 Å². The van der Waals surface area contributed by atoms with E-state index in [-0.39, 0.29) is 0 Å². The molecule has 2 aromatic rings. The fourth-order valence-electron chi connectivity index (χ4n) is 2.10. The molecule has 1 aromatic carbocycles. The summed E-state index contributed by atoms with van der Waals surface area (Å²) in [4.78, 5) is 4.42. The number of hydrogen-bond acceptors (Lipinski definition) is 2. The molecule has 2 nitrogen and oxygen atoms in total. The van der Waals surface area contributed by atoms with Gasteiger partial charge in [0.15, 0.2) is 0 Å². The van der Waals surface area contributed by atoms with Crippen LogP contribution in [-0.4, -0.2) is 11.5 Å². The molecule has 1 N–H and O–H groups in total. The zero-order chi connectivity index (χ0) is 12.2. The van der Waals surface area contributed by atoms with Gasteiger partial charge in [-0.2, -0.15) is 0 Å². The predicted molar refractivity (Wildman–Crippen MR) is 72.9 cm³/mol. The van der Waals surface area contributed by atoms with Crippen molar-refractivity contribution in [2.45, 2.75) is 19.4 Å². The summed E-state index contributed by atoms with van der Waals surface area (Å²) in [5.41, 5.74) is 3.41. The van der Waals surface area contributed by atoms with Gasteiger partial charge in [0, 0.05) is 18.3 Å². The average molecular weight is 237 g/mol. The van der Waals surface area contributed by atoms with Crippen LogP contribution >= 0.6 is 0 Å². The van der Waals surface area contributed by atoms with Crippen molar-refractivity contribution < 1.29 is 0 Å². The molecule has 1 saturated carbocycles. The molecule has 0 saturated heterocycles. The van der Waals surface area contributed by atoms with Crippen LogP contribution in [0, 0.1) is 12.0 Å². The van der Waals surface area contributed by atoms with Gasteiger partial charge in [0.05, 0.1) is 5.69 Å². The van der Waals surface area contributed by atoms with E-state index in [0.29, 0.717) is 0 Å². The molecule has 1 radical (unpaired) electrons. The van der Waals surface area contributed by atoms with Crippen LogP contribution < -0.4 is 5.32 Å². The molecule has 3 rings (SSSR count). The van der Waals surface area contributed by atoms with E-state index in [9.17, 15) is 0 Å². The topological polar surface area (TPSA) is 24.9 Å². The smallest absolute Gasteiger partial charge is 0.0705 e. The van der Waals surface area contributed by atoms with Gasteiger partial charge in [0.1, 0.15) is 0 Å². The molecular weight excluding hydrogens is 220 g/mol. The maximum atomic E-state index is 4.42. The van der Waals surface area contributed by atoms with E-state index in [4.69, 9.17) is 0 Å². The lowest BCUT2D eigenvalue weighted by Crippen LogP contribution is -2.16. The van der Waals surface area contributed by atoms with E-state index in [1.165, 1.54) is 24.0 Å². The first-order valence-corrected chi connectivity index (χ1v) is 6.55. The average Bonchev–Trinajstić information content (AvgIpc) is 3.25. The minimum atomic E-state index is 0.878. The summed E-state index contributed by atoms with van der Waals surface area (Å²) in [5.74, 6) is 0.909. The Kier molecular flexibility index (Phi) is 3.37. The van der Waals surface area contributed by atoms with Crippen LogP contribution in [0.25, 0.3) is 11.3 Å². The first-order valence-electron chi connectivity index (χ1n) is 6.55. The van der Waals surface area contributed by atoms with Gasteiger partial charge in [-0.15, -0.1) is 0 Å². The first-order chi connectivity index (χ1) is 8.93. The van der Waals surface area contributed by atoms with Crippen molar-refractivity contribution in [2.24, 2.45) is 5.92 Å². The highest BCUT2D eigenvalue weighted by molar-refractivity contribution is 5.62. The van der Waals surface area contributed by atoms with Gasteiger partial charge in [0.25, 0.3) is 0 Å². The number of pyridine rings is 1. The van der Waals surface area contributed by atoms with Crippen molar-refractivity contribution in [3.8, 4) is 11.3 Å². The summed E-state index contributed by atoms with van der Waals surface area (Å²) in [6.07, 6.45) is 4.61. The normalized spacial score (nSPS) is 14.7. The second-order valence-corrected chi connectivity index (χ2v) is 4.85. The van der Waals surface area contributed by atoms with Crippen molar-refractivity contribution >= 4 is 0 Å². The molecule has 1 fully saturated rings. The lowest BCUT2D eigenvalue weighted by molar-refractivity contribution is 0.639. The fraction of sp³-hybridized carbons (Fsp3) is 0.312. The van der Waals surface area contributed by atoms with Gasteiger partial charge in [0.2, 0.25) is 0 Å². The third-order valence-electron chi connectivity index (χ3n) is 3.31. The van der Waals surface area contributed by atoms with Crippen LogP contribution in [-0.2, 0) is 6.54 Å². The molecule has 0 amide bonds. The molecule has 0 spiro atoms. The van der Waals surface area contributed by atoms with E-state index in [0.717, 1.165) is 24.7 Å². The zero-order valence-corrected chi connectivity index (χ0v) is 10.4. The van der Waals surface area contributed by atoms with Crippen molar-refractivity contribution in [1.29, 1.82) is 0 Å². The molecule has 1 aliphatic carbocycles. The van der Waals surface area contributed by atoms with Crippen LogP contribution in [0.5, 0.6) is 0 Å². The van der Waals surface area contributed by atoms with Crippen LogP contribution in [0.3, 0.4) is 0 Å². The quantitative estimate of drug-likeness (QED) is 0.864. The maximum Gasteiger partial charge on any atom is 0.0705 e.